The summed E-state index contributed by atoms with van der Waals surface area (Å²) in [6.07, 6.45) is 4.71. The number of anilines is 1. The van der Waals surface area contributed by atoms with Crippen LogP contribution in [-0.4, -0.2) is 38.2 Å². The molecule has 0 bridgehead atoms. The molecule has 0 aromatic heterocycles. The molecule has 1 saturated heterocycles. The summed E-state index contributed by atoms with van der Waals surface area (Å²) in [4.78, 5) is 12.6. The summed E-state index contributed by atoms with van der Waals surface area (Å²) in [6, 6.07) is 3.80. The van der Waals surface area contributed by atoms with E-state index >= 15 is 0 Å². The summed E-state index contributed by atoms with van der Waals surface area (Å²) in [6.45, 7) is 1.11. The van der Waals surface area contributed by atoms with Gasteiger partial charge in [0.15, 0.2) is 0 Å². The van der Waals surface area contributed by atoms with Gasteiger partial charge in [0.1, 0.15) is 6.10 Å². The maximum absolute atomic E-state index is 13.4. The van der Waals surface area contributed by atoms with Crippen LogP contribution < -0.4 is 16.0 Å². The molecule has 0 spiro atoms. The quantitative estimate of drug-likeness (QED) is 0.616. The van der Waals surface area contributed by atoms with Gasteiger partial charge in [-0.25, -0.2) is 0 Å². The number of rotatable bonds is 5. The van der Waals surface area contributed by atoms with Gasteiger partial charge in [0.25, 0.3) is 0 Å². The predicted octanol–water partition coefficient (Wildman–Crippen LogP) is 3.80. The molecule has 3 aliphatic rings. The Balaban J connectivity index is 1.63. The molecule has 31 heavy (non-hydrogen) atoms. The van der Waals surface area contributed by atoms with Crippen molar-refractivity contribution in [2.75, 3.05) is 25.5 Å². The molecule has 5 nitrogen and oxygen atoms in total. The average Bonchev–Trinajstić information content (AvgIpc) is 2.78. The number of carbonyl (C=O) groups is 1. The number of halogens is 3. The fraction of sp³-hybridized carbons (Fsp3) is 0.522. The van der Waals surface area contributed by atoms with Gasteiger partial charge in [0.2, 0.25) is 5.91 Å². The second-order valence-corrected chi connectivity index (χ2v) is 8.36. The van der Waals surface area contributed by atoms with E-state index in [9.17, 15) is 18.0 Å². The summed E-state index contributed by atoms with van der Waals surface area (Å²) in [5.41, 5.74) is 0.438. The zero-order valence-electron chi connectivity index (χ0n) is 17.4. The van der Waals surface area contributed by atoms with Crippen molar-refractivity contribution in [2.45, 2.75) is 43.7 Å². The van der Waals surface area contributed by atoms with Gasteiger partial charge in [0.05, 0.1) is 11.7 Å². The highest BCUT2D eigenvalue weighted by molar-refractivity contribution is 5.81. The van der Waals surface area contributed by atoms with Crippen molar-refractivity contribution >= 4 is 11.6 Å². The number of likely N-dealkylation sites (N-methyl/N-ethyl adjacent to an activating group) is 1. The fourth-order valence-electron chi connectivity index (χ4n) is 4.81. The molecule has 1 aliphatic carbocycles. The first kappa shape index (κ1) is 21.9. The van der Waals surface area contributed by atoms with Gasteiger partial charge in [-0.3, -0.25) is 4.79 Å². The lowest BCUT2D eigenvalue weighted by atomic mass is 9.73. The van der Waals surface area contributed by atoms with Crippen molar-refractivity contribution in [3.05, 3.63) is 53.6 Å². The molecular formula is C23H28F3N3O2. The Kier molecular flexibility index (Phi) is 6.39. The first-order valence-corrected chi connectivity index (χ1v) is 10.8. The van der Waals surface area contributed by atoms with E-state index in [0.717, 1.165) is 12.5 Å². The van der Waals surface area contributed by atoms with E-state index in [2.05, 4.69) is 28.1 Å². The standard InChI is InChI=1S/C23H28F3N3O2/c1-27-11-12-28-22(30)19-10-8-16-20(14-5-3-2-4-6-14)29-18-9-7-15(23(24,25)26)13-17(18)21(16)31-19/h2-5,7,9,13-14,16,19-21,27,29H,6,8,10-12H2,1H3,(H,28,30)/t14?,16-,19+,20-,21-/m0/s1. The molecule has 2 aliphatic heterocycles. The Labute approximate surface area is 180 Å². The van der Waals surface area contributed by atoms with Crippen molar-refractivity contribution in [3.8, 4) is 0 Å². The molecule has 3 N–H and O–H groups in total. The fourth-order valence-corrected chi connectivity index (χ4v) is 4.81. The van der Waals surface area contributed by atoms with Gasteiger partial charge >= 0.3 is 6.18 Å². The van der Waals surface area contributed by atoms with E-state index in [1.54, 1.807) is 7.05 Å². The second kappa shape index (κ2) is 9.04. The van der Waals surface area contributed by atoms with Crippen LogP contribution in [0.25, 0.3) is 0 Å². The number of ether oxygens (including phenoxy) is 1. The first-order valence-electron chi connectivity index (χ1n) is 10.8. The highest BCUT2D eigenvalue weighted by Gasteiger charge is 2.46. The van der Waals surface area contributed by atoms with E-state index in [0.29, 0.717) is 37.2 Å². The van der Waals surface area contributed by atoms with E-state index < -0.39 is 23.9 Å². The van der Waals surface area contributed by atoms with Crippen molar-refractivity contribution in [1.82, 2.24) is 10.6 Å². The summed E-state index contributed by atoms with van der Waals surface area (Å²) in [5, 5.41) is 9.29. The lowest BCUT2D eigenvalue weighted by molar-refractivity contribution is -0.150. The van der Waals surface area contributed by atoms with Crippen LogP contribution in [0.3, 0.4) is 0 Å². The lowest BCUT2D eigenvalue weighted by Crippen LogP contribution is -2.50. The van der Waals surface area contributed by atoms with E-state index in [1.165, 1.54) is 12.1 Å². The van der Waals surface area contributed by atoms with Crippen LogP contribution in [-0.2, 0) is 15.7 Å². The number of amides is 1. The highest BCUT2D eigenvalue weighted by Crippen LogP contribution is 2.49. The van der Waals surface area contributed by atoms with E-state index in [4.69, 9.17) is 4.74 Å². The first-order chi connectivity index (χ1) is 14.9. The summed E-state index contributed by atoms with van der Waals surface area (Å²) < 4.78 is 46.4. The zero-order valence-corrected chi connectivity index (χ0v) is 17.4. The number of nitrogens with one attached hydrogen (secondary N) is 3. The Hall–Kier alpha value is -2.32. The van der Waals surface area contributed by atoms with Crippen LogP contribution in [0.5, 0.6) is 0 Å². The molecule has 0 saturated carbocycles. The number of carbonyl (C=O) groups excluding carboxylic acids is 1. The second-order valence-electron chi connectivity index (χ2n) is 8.36. The SMILES string of the molecule is CNCCNC(=O)[C@H]1CC[C@@H]2[C@H](O1)c1cc(C(F)(F)F)ccc1N[C@H]2C1C=CC=CC1. The van der Waals surface area contributed by atoms with Crippen LogP contribution in [0.4, 0.5) is 18.9 Å². The molecular weight excluding hydrogens is 407 g/mol. The minimum atomic E-state index is -4.43. The van der Waals surface area contributed by atoms with Gasteiger partial charge in [-0.1, -0.05) is 24.3 Å². The number of alkyl halides is 3. The molecule has 2 heterocycles. The van der Waals surface area contributed by atoms with Gasteiger partial charge in [0, 0.05) is 42.2 Å². The molecule has 1 aromatic rings. The minimum Gasteiger partial charge on any atom is -0.381 e. The molecule has 1 fully saturated rings. The summed E-state index contributed by atoms with van der Waals surface area (Å²) in [5.74, 6) is -0.00570. The number of hydrogen-bond donors (Lipinski definition) is 3. The third-order valence-corrected chi connectivity index (χ3v) is 6.37. The maximum atomic E-state index is 13.4. The van der Waals surface area contributed by atoms with Crippen molar-refractivity contribution < 1.29 is 22.7 Å². The topological polar surface area (TPSA) is 62.4 Å². The smallest absolute Gasteiger partial charge is 0.381 e. The molecule has 1 amide bonds. The monoisotopic (exact) mass is 435 g/mol. The molecule has 1 aromatic carbocycles. The van der Waals surface area contributed by atoms with E-state index in [1.807, 2.05) is 12.2 Å². The lowest BCUT2D eigenvalue weighted by Gasteiger charge is -2.47. The van der Waals surface area contributed by atoms with Gasteiger partial charge in [-0.2, -0.15) is 13.2 Å². The van der Waals surface area contributed by atoms with Crippen molar-refractivity contribution in [2.24, 2.45) is 11.8 Å². The van der Waals surface area contributed by atoms with Gasteiger partial charge in [-0.15, -0.1) is 0 Å². The molecule has 5 atom stereocenters. The average molecular weight is 435 g/mol. The normalized spacial score (nSPS) is 29.6. The Bertz CT molecular complexity index is 868. The Morgan fingerprint density at radius 2 is 2.06 bits per heavy atom. The number of allylic oxidation sites excluding steroid dienone is 3. The van der Waals surface area contributed by atoms with Gasteiger partial charge < -0.3 is 20.7 Å². The third kappa shape index (κ3) is 4.65. The highest BCUT2D eigenvalue weighted by atomic mass is 19.4. The predicted molar refractivity (Wildman–Crippen MR) is 113 cm³/mol. The van der Waals surface area contributed by atoms with Crippen molar-refractivity contribution in [3.63, 3.8) is 0 Å². The molecule has 8 heteroatoms. The van der Waals surface area contributed by atoms with Crippen LogP contribution in [0.2, 0.25) is 0 Å². The molecule has 0 radical (unpaired) electrons. The number of fused-ring (bicyclic) bond motifs is 3. The number of benzene rings is 1. The van der Waals surface area contributed by atoms with Crippen molar-refractivity contribution in [1.29, 1.82) is 0 Å². The maximum Gasteiger partial charge on any atom is 0.416 e. The molecule has 1 unspecified atom stereocenters. The van der Waals surface area contributed by atoms with Crippen LogP contribution in [0.15, 0.2) is 42.5 Å². The van der Waals surface area contributed by atoms with Crippen LogP contribution in [0, 0.1) is 11.8 Å². The molecule has 168 valence electrons. The minimum absolute atomic E-state index is 0.0153. The van der Waals surface area contributed by atoms with Crippen LogP contribution >= 0.6 is 0 Å². The Morgan fingerprint density at radius 3 is 2.77 bits per heavy atom. The van der Waals surface area contributed by atoms with Crippen LogP contribution in [0.1, 0.15) is 36.5 Å². The largest absolute Gasteiger partial charge is 0.416 e. The summed E-state index contributed by atoms with van der Waals surface area (Å²) in [7, 11) is 1.80. The summed E-state index contributed by atoms with van der Waals surface area (Å²) >= 11 is 0. The van der Waals surface area contributed by atoms with Gasteiger partial charge in [-0.05, 0) is 44.5 Å². The zero-order chi connectivity index (χ0) is 22.0. The number of hydrogen-bond acceptors (Lipinski definition) is 4. The Morgan fingerprint density at radius 1 is 1.23 bits per heavy atom. The third-order valence-electron chi connectivity index (χ3n) is 6.37. The van der Waals surface area contributed by atoms with E-state index in [-0.39, 0.29) is 23.8 Å². The molecule has 4 rings (SSSR count).